The molecule has 2 aromatic rings. The maximum absolute atomic E-state index is 13.0. The Bertz CT molecular complexity index is 1020. The molecule has 0 fully saturated rings. The zero-order chi connectivity index (χ0) is 21.4. The average Bonchev–Trinajstić information content (AvgIpc) is 2.55. The number of phenolic OH excluding ortho intramolecular Hbond substituents is 1. The first-order chi connectivity index (χ1) is 12.8. The molecule has 2 aromatic carbocycles. The first kappa shape index (κ1) is 22.0. The van der Waals surface area contributed by atoms with Gasteiger partial charge in [0.1, 0.15) is 0 Å². The number of aryl methyl sites for hydroxylation is 3. The largest absolute Gasteiger partial charge is 0.504 e. The van der Waals surface area contributed by atoms with E-state index in [4.69, 9.17) is 11.6 Å². The van der Waals surface area contributed by atoms with E-state index in [0.717, 1.165) is 5.56 Å². The van der Waals surface area contributed by atoms with Crippen molar-refractivity contribution in [1.29, 1.82) is 0 Å². The first-order valence-corrected chi connectivity index (χ1v) is 10.6. The first-order valence-electron chi connectivity index (χ1n) is 8.78. The fourth-order valence-electron chi connectivity index (χ4n) is 3.00. The van der Waals surface area contributed by atoms with Crippen molar-refractivity contribution in [2.24, 2.45) is 5.92 Å². The molecule has 6 nitrogen and oxygen atoms in total. The van der Waals surface area contributed by atoms with Crippen molar-refractivity contribution in [2.75, 3.05) is 10.0 Å². The summed E-state index contributed by atoms with van der Waals surface area (Å²) in [5.41, 5.74) is 2.80. The highest BCUT2D eigenvalue weighted by molar-refractivity contribution is 7.92. The molecule has 8 heteroatoms. The number of halogens is 1. The third-order valence-corrected chi connectivity index (χ3v) is 6.52. The van der Waals surface area contributed by atoms with Gasteiger partial charge in [-0.25, -0.2) is 8.42 Å². The normalized spacial score (nSPS) is 11.6. The second kappa shape index (κ2) is 8.01. The van der Waals surface area contributed by atoms with Gasteiger partial charge in [-0.1, -0.05) is 43.1 Å². The molecule has 0 saturated heterocycles. The second-order valence-electron chi connectivity index (χ2n) is 7.24. The van der Waals surface area contributed by atoms with Crippen LogP contribution in [0.5, 0.6) is 5.75 Å². The van der Waals surface area contributed by atoms with Crippen LogP contribution in [0.2, 0.25) is 5.02 Å². The third kappa shape index (κ3) is 4.42. The molecule has 0 bridgehead atoms. The number of hydrogen-bond donors (Lipinski definition) is 3. The van der Waals surface area contributed by atoms with E-state index in [-0.39, 0.29) is 38.9 Å². The molecule has 0 heterocycles. The molecule has 152 valence electrons. The SMILES string of the molecule is Cc1cc(C)c(S(=O)(=O)Nc2cc(NC(=O)C(C)C)c(O)c(Cl)c2C)c(C)c1. The molecule has 0 aromatic heterocycles. The van der Waals surface area contributed by atoms with Crippen LogP contribution >= 0.6 is 11.6 Å². The Balaban J connectivity index is 2.54. The van der Waals surface area contributed by atoms with Gasteiger partial charge < -0.3 is 10.4 Å². The number of phenols is 1. The van der Waals surface area contributed by atoms with Gasteiger partial charge >= 0.3 is 0 Å². The number of nitrogens with one attached hydrogen (secondary N) is 2. The maximum Gasteiger partial charge on any atom is 0.262 e. The van der Waals surface area contributed by atoms with E-state index in [2.05, 4.69) is 10.0 Å². The number of sulfonamides is 1. The van der Waals surface area contributed by atoms with E-state index in [9.17, 15) is 18.3 Å². The number of anilines is 2. The molecule has 0 radical (unpaired) electrons. The second-order valence-corrected chi connectivity index (χ2v) is 9.23. The Morgan fingerprint density at radius 1 is 1.04 bits per heavy atom. The molecule has 0 aliphatic rings. The number of rotatable bonds is 5. The maximum atomic E-state index is 13.0. The van der Waals surface area contributed by atoms with E-state index in [1.807, 2.05) is 6.92 Å². The molecule has 2 rings (SSSR count). The van der Waals surface area contributed by atoms with Crippen LogP contribution in [0.4, 0.5) is 11.4 Å². The molecule has 0 aliphatic carbocycles. The smallest absolute Gasteiger partial charge is 0.262 e. The van der Waals surface area contributed by atoms with Crippen molar-refractivity contribution in [1.82, 2.24) is 0 Å². The highest BCUT2D eigenvalue weighted by Crippen LogP contribution is 2.40. The minimum Gasteiger partial charge on any atom is -0.504 e. The summed E-state index contributed by atoms with van der Waals surface area (Å²) in [6.07, 6.45) is 0. The van der Waals surface area contributed by atoms with Gasteiger partial charge in [0.25, 0.3) is 10.0 Å². The Morgan fingerprint density at radius 3 is 2.07 bits per heavy atom. The number of amides is 1. The average molecular weight is 425 g/mol. The summed E-state index contributed by atoms with van der Waals surface area (Å²) < 4.78 is 28.6. The summed E-state index contributed by atoms with van der Waals surface area (Å²) in [6.45, 7) is 10.4. The van der Waals surface area contributed by atoms with Crippen LogP contribution in [-0.4, -0.2) is 19.4 Å². The Labute approximate surface area is 171 Å². The lowest BCUT2D eigenvalue weighted by Gasteiger charge is -2.18. The lowest BCUT2D eigenvalue weighted by Crippen LogP contribution is -2.19. The van der Waals surface area contributed by atoms with Crippen molar-refractivity contribution in [3.8, 4) is 5.75 Å². The summed E-state index contributed by atoms with van der Waals surface area (Å²) in [5.74, 6) is -0.953. The molecule has 28 heavy (non-hydrogen) atoms. The van der Waals surface area contributed by atoms with Gasteiger partial charge in [-0.15, -0.1) is 0 Å². The van der Waals surface area contributed by atoms with Crippen LogP contribution in [0.1, 0.15) is 36.1 Å². The third-order valence-electron chi connectivity index (χ3n) is 4.38. The van der Waals surface area contributed by atoms with Crippen molar-refractivity contribution >= 4 is 38.9 Å². The van der Waals surface area contributed by atoms with Gasteiger partial charge in [-0.2, -0.15) is 0 Å². The molecule has 0 saturated carbocycles. The lowest BCUT2D eigenvalue weighted by molar-refractivity contribution is -0.118. The topological polar surface area (TPSA) is 95.5 Å². The summed E-state index contributed by atoms with van der Waals surface area (Å²) in [6, 6.07) is 4.96. The van der Waals surface area contributed by atoms with Crippen molar-refractivity contribution in [2.45, 2.75) is 46.4 Å². The van der Waals surface area contributed by atoms with Gasteiger partial charge in [-0.3, -0.25) is 9.52 Å². The fourth-order valence-corrected chi connectivity index (χ4v) is 4.77. The van der Waals surface area contributed by atoms with Gasteiger partial charge in [0.15, 0.2) is 5.75 Å². The van der Waals surface area contributed by atoms with Crippen molar-refractivity contribution in [3.63, 3.8) is 0 Å². The van der Waals surface area contributed by atoms with E-state index >= 15 is 0 Å². The van der Waals surface area contributed by atoms with Gasteiger partial charge in [0.05, 0.1) is 21.3 Å². The quantitative estimate of drug-likeness (QED) is 0.479. The van der Waals surface area contributed by atoms with Crippen LogP contribution in [0.25, 0.3) is 0 Å². The van der Waals surface area contributed by atoms with E-state index in [1.54, 1.807) is 46.8 Å². The van der Waals surface area contributed by atoms with Gasteiger partial charge in [0.2, 0.25) is 5.91 Å². The zero-order valence-corrected chi connectivity index (χ0v) is 18.3. The molecule has 3 N–H and O–H groups in total. The number of carbonyl (C=O) groups excluding carboxylic acids is 1. The van der Waals surface area contributed by atoms with E-state index in [1.165, 1.54) is 6.07 Å². The Hall–Kier alpha value is -2.25. The minimum absolute atomic E-state index is 0.0309. The molecule has 0 atom stereocenters. The summed E-state index contributed by atoms with van der Waals surface area (Å²) >= 11 is 6.17. The highest BCUT2D eigenvalue weighted by Gasteiger charge is 2.23. The van der Waals surface area contributed by atoms with Crippen LogP contribution < -0.4 is 10.0 Å². The van der Waals surface area contributed by atoms with E-state index < -0.39 is 10.0 Å². The molecular weight excluding hydrogens is 400 g/mol. The van der Waals surface area contributed by atoms with Gasteiger partial charge in [-0.05, 0) is 50.5 Å². The van der Waals surface area contributed by atoms with Crippen molar-refractivity contribution in [3.05, 3.63) is 45.5 Å². The number of benzene rings is 2. The van der Waals surface area contributed by atoms with Crippen LogP contribution in [0.15, 0.2) is 23.1 Å². The molecule has 0 unspecified atom stereocenters. The number of hydrogen-bond acceptors (Lipinski definition) is 4. The Kier molecular flexibility index (Phi) is 6.31. The lowest BCUT2D eigenvalue weighted by atomic mass is 10.1. The number of carbonyl (C=O) groups is 1. The molecule has 0 spiro atoms. The zero-order valence-electron chi connectivity index (χ0n) is 16.8. The summed E-state index contributed by atoms with van der Waals surface area (Å²) in [5, 5.41) is 12.8. The van der Waals surface area contributed by atoms with Crippen LogP contribution in [-0.2, 0) is 14.8 Å². The monoisotopic (exact) mass is 424 g/mol. The fraction of sp³-hybridized carbons (Fsp3) is 0.350. The van der Waals surface area contributed by atoms with Crippen LogP contribution in [0, 0.1) is 33.6 Å². The van der Waals surface area contributed by atoms with Crippen LogP contribution in [0.3, 0.4) is 0 Å². The molecular formula is C20H25ClN2O4S. The van der Waals surface area contributed by atoms with E-state index in [0.29, 0.717) is 16.7 Å². The minimum atomic E-state index is -3.91. The summed E-state index contributed by atoms with van der Waals surface area (Å²) in [4.78, 5) is 12.2. The predicted molar refractivity (Wildman–Crippen MR) is 113 cm³/mol. The predicted octanol–water partition coefficient (Wildman–Crippen LogP) is 4.67. The molecule has 0 aliphatic heterocycles. The molecule has 1 amide bonds. The Morgan fingerprint density at radius 2 is 1.57 bits per heavy atom. The number of aromatic hydroxyl groups is 1. The van der Waals surface area contributed by atoms with Crippen molar-refractivity contribution < 1.29 is 18.3 Å². The standard InChI is InChI=1S/C20H25ClN2O4S/c1-10(2)20(25)22-16-9-15(14(6)17(21)18(16)24)23-28(26,27)19-12(4)7-11(3)8-13(19)5/h7-10,23-24H,1-6H3,(H,22,25). The van der Waals surface area contributed by atoms with Gasteiger partial charge in [0, 0.05) is 5.92 Å². The summed E-state index contributed by atoms with van der Waals surface area (Å²) in [7, 11) is -3.91. The highest BCUT2D eigenvalue weighted by atomic mass is 35.5.